The van der Waals surface area contributed by atoms with Gasteiger partial charge in [-0.15, -0.1) is 0 Å². The van der Waals surface area contributed by atoms with Crippen molar-refractivity contribution in [1.29, 1.82) is 0 Å². The molecule has 0 amide bonds. The van der Waals surface area contributed by atoms with Crippen molar-refractivity contribution in [2.75, 3.05) is 13.1 Å². The first-order valence-corrected chi connectivity index (χ1v) is 27.2. The molecule has 1 aliphatic rings. The standard InChI is InChI=1S/C70H71F3N3/c1-9-10-42-75-52(6)53(7)76(67(75)66-50(4)45-49(3)46-51(66)5)47-74-43-40-68(8,41-44-74)62-34-28-59(29-35-62)56-24-26-58(27-25-56)61-32-38-65(39-33-61)69(70(71,72)73,63-14-12-11-13-15-63)64-36-30-60(31-37-64)57-22-20-55(21-23-57)54-18-16-48(2)17-19-54/h11-39,45-46H,9-10,40-44,47H2,1-8H3/q+1. The molecule has 6 heteroatoms. The molecule has 1 aliphatic heterocycles. The van der Waals surface area contributed by atoms with Crippen molar-refractivity contribution in [3.05, 3.63) is 244 Å². The number of nitrogens with zero attached hydrogens (tertiary/aromatic N) is 3. The smallest absolute Gasteiger partial charge is 0.267 e. The second-order valence-corrected chi connectivity index (χ2v) is 21.9. The van der Waals surface area contributed by atoms with E-state index >= 15 is 13.2 Å². The lowest BCUT2D eigenvalue weighted by Crippen LogP contribution is -2.51. The van der Waals surface area contributed by atoms with Gasteiger partial charge >= 0.3 is 6.18 Å². The van der Waals surface area contributed by atoms with Crippen LogP contribution in [-0.4, -0.2) is 28.7 Å². The van der Waals surface area contributed by atoms with Crippen LogP contribution in [0, 0.1) is 41.5 Å². The molecular weight excluding hydrogens is 940 g/mol. The summed E-state index contributed by atoms with van der Waals surface area (Å²) in [5, 5.41) is 0. The molecule has 10 rings (SSSR count). The van der Waals surface area contributed by atoms with E-state index in [0.29, 0.717) is 0 Å². The Labute approximate surface area is 449 Å². The number of piperidine rings is 1. The highest BCUT2D eigenvalue weighted by Gasteiger charge is 2.58. The van der Waals surface area contributed by atoms with Crippen molar-refractivity contribution in [1.82, 2.24) is 9.47 Å². The van der Waals surface area contributed by atoms with Crippen LogP contribution >= 0.6 is 0 Å². The van der Waals surface area contributed by atoms with Crippen LogP contribution in [0.15, 0.2) is 188 Å². The Morgan fingerprint density at radius 1 is 0.500 bits per heavy atom. The summed E-state index contributed by atoms with van der Waals surface area (Å²) in [5.74, 6) is 1.34. The number of likely N-dealkylation sites (tertiary alicyclic amines) is 1. The number of aromatic nitrogens is 2. The summed E-state index contributed by atoms with van der Waals surface area (Å²) in [6.07, 6.45) is -0.163. The molecule has 386 valence electrons. The third-order valence-electron chi connectivity index (χ3n) is 16.8. The number of alkyl halides is 3. The van der Waals surface area contributed by atoms with E-state index in [9.17, 15) is 0 Å². The van der Waals surface area contributed by atoms with E-state index in [-0.39, 0.29) is 22.1 Å². The van der Waals surface area contributed by atoms with Crippen LogP contribution in [0.1, 0.15) is 95.4 Å². The van der Waals surface area contributed by atoms with E-state index in [4.69, 9.17) is 0 Å². The van der Waals surface area contributed by atoms with Crippen molar-refractivity contribution in [2.24, 2.45) is 0 Å². The van der Waals surface area contributed by atoms with Gasteiger partial charge in [0.2, 0.25) is 0 Å². The van der Waals surface area contributed by atoms with Crippen LogP contribution in [0.5, 0.6) is 0 Å². The van der Waals surface area contributed by atoms with E-state index in [1.165, 1.54) is 50.6 Å². The lowest BCUT2D eigenvalue weighted by Gasteiger charge is -2.39. The summed E-state index contributed by atoms with van der Waals surface area (Å²) in [6.45, 7) is 22.1. The van der Waals surface area contributed by atoms with Crippen LogP contribution in [0.4, 0.5) is 13.2 Å². The zero-order valence-corrected chi connectivity index (χ0v) is 45.5. The molecule has 0 spiro atoms. The van der Waals surface area contributed by atoms with Crippen LogP contribution in [0.3, 0.4) is 0 Å². The fourth-order valence-electron chi connectivity index (χ4n) is 12.1. The maximum Gasteiger partial charge on any atom is 0.406 e. The van der Waals surface area contributed by atoms with Gasteiger partial charge in [0.25, 0.3) is 5.82 Å². The Morgan fingerprint density at radius 2 is 0.895 bits per heavy atom. The normalized spacial score (nSPS) is 14.7. The van der Waals surface area contributed by atoms with Gasteiger partial charge in [-0.3, -0.25) is 4.90 Å². The van der Waals surface area contributed by atoms with E-state index in [2.05, 4.69) is 166 Å². The second kappa shape index (κ2) is 21.4. The second-order valence-electron chi connectivity index (χ2n) is 21.9. The Morgan fingerprint density at radius 3 is 1.32 bits per heavy atom. The minimum absolute atomic E-state index is 0.0731. The number of halogens is 3. The monoisotopic (exact) mass is 1010 g/mol. The number of unbranched alkanes of at least 4 members (excludes halogenated alkanes) is 1. The Hall–Kier alpha value is -7.28. The van der Waals surface area contributed by atoms with Crippen molar-refractivity contribution in [3.63, 3.8) is 0 Å². The van der Waals surface area contributed by atoms with Gasteiger partial charge in [-0.25, -0.2) is 9.13 Å². The molecule has 0 saturated carbocycles. The van der Waals surface area contributed by atoms with Gasteiger partial charge in [0, 0.05) is 26.9 Å². The van der Waals surface area contributed by atoms with Crippen LogP contribution in [-0.2, 0) is 24.0 Å². The first-order chi connectivity index (χ1) is 36.6. The molecule has 9 aromatic rings. The van der Waals surface area contributed by atoms with E-state index in [1.54, 1.807) is 54.6 Å². The van der Waals surface area contributed by atoms with Crippen molar-refractivity contribution < 1.29 is 17.7 Å². The van der Waals surface area contributed by atoms with Crippen molar-refractivity contribution >= 4 is 0 Å². The predicted octanol–water partition coefficient (Wildman–Crippen LogP) is 17.7. The summed E-state index contributed by atoms with van der Waals surface area (Å²) in [5.41, 5.74) is 16.9. The fraction of sp³-hybridized carbons (Fsp3) is 0.271. The molecule has 0 bridgehead atoms. The fourth-order valence-corrected chi connectivity index (χ4v) is 12.1. The molecular formula is C70H71F3N3+. The van der Waals surface area contributed by atoms with Gasteiger partial charge in [0.1, 0.15) is 23.5 Å². The van der Waals surface area contributed by atoms with Gasteiger partial charge in [-0.2, -0.15) is 13.2 Å². The van der Waals surface area contributed by atoms with Gasteiger partial charge in [0.15, 0.2) is 0 Å². The minimum Gasteiger partial charge on any atom is -0.267 e. The summed E-state index contributed by atoms with van der Waals surface area (Å²) >= 11 is 0. The number of hydrogen-bond donors (Lipinski definition) is 0. The van der Waals surface area contributed by atoms with Gasteiger partial charge < -0.3 is 0 Å². The number of aryl methyl sites for hydroxylation is 4. The van der Waals surface area contributed by atoms with Gasteiger partial charge in [-0.1, -0.05) is 219 Å². The molecule has 76 heavy (non-hydrogen) atoms. The molecule has 1 aromatic heterocycles. The van der Waals surface area contributed by atoms with E-state index in [1.807, 2.05) is 36.4 Å². The van der Waals surface area contributed by atoms with Gasteiger partial charge in [-0.05, 0) is 130 Å². The maximum atomic E-state index is 16.1. The van der Waals surface area contributed by atoms with Crippen molar-refractivity contribution in [2.45, 2.75) is 111 Å². The number of benzene rings is 8. The average molecular weight is 1010 g/mol. The first-order valence-electron chi connectivity index (χ1n) is 27.2. The number of imidazole rings is 1. The lowest BCUT2D eigenvalue weighted by molar-refractivity contribution is -0.710. The van der Waals surface area contributed by atoms with Crippen molar-refractivity contribution in [3.8, 4) is 55.9 Å². The quantitative estimate of drug-likeness (QED) is 0.0781. The molecule has 1 unspecified atom stereocenters. The SMILES string of the molecule is CCCCn1c(C)c(C)[n+](CN2CCC(C)(c3ccc(-c4ccc(-c5ccc(C(c6ccccc6)(c6ccc(-c7ccc(-c8ccc(C)cc8)cc7)cc6)C(F)(F)F)cc5)cc4)cc3)CC2)c1-c1c(C)cc(C)cc1C. The lowest BCUT2D eigenvalue weighted by atomic mass is 9.68. The Bertz CT molecular complexity index is 3410. The minimum atomic E-state index is -4.65. The highest BCUT2D eigenvalue weighted by molar-refractivity contribution is 5.73. The Kier molecular flexibility index (Phi) is 14.7. The zero-order chi connectivity index (χ0) is 53.4. The molecule has 1 fully saturated rings. The summed E-state index contributed by atoms with van der Waals surface area (Å²) in [4.78, 5) is 2.65. The highest BCUT2D eigenvalue weighted by Crippen LogP contribution is 2.52. The molecule has 0 radical (unpaired) electrons. The van der Waals surface area contributed by atoms with E-state index < -0.39 is 11.6 Å². The zero-order valence-electron chi connectivity index (χ0n) is 45.5. The van der Waals surface area contributed by atoms with E-state index in [0.717, 1.165) is 96.5 Å². The average Bonchev–Trinajstić information content (AvgIpc) is 3.65. The maximum absolute atomic E-state index is 16.1. The molecule has 0 N–H and O–H groups in total. The predicted molar refractivity (Wildman–Crippen MR) is 309 cm³/mol. The largest absolute Gasteiger partial charge is 0.406 e. The molecule has 1 atom stereocenters. The van der Waals surface area contributed by atoms with Crippen LogP contribution < -0.4 is 4.57 Å². The summed E-state index contributed by atoms with van der Waals surface area (Å²) < 4.78 is 53.5. The molecule has 1 saturated heterocycles. The third kappa shape index (κ3) is 10.0. The molecule has 3 nitrogen and oxygen atoms in total. The van der Waals surface area contributed by atoms with Crippen LogP contribution in [0.25, 0.3) is 55.9 Å². The Balaban J connectivity index is 0.842. The molecule has 0 aliphatic carbocycles. The molecule has 2 heterocycles. The number of rotatable bonds is 14. The van der Waals surface area contributed by atoms with Crippen LogP contribution in [0.2, 0.25) is 0 Å². The number of hydrogen-bond acceptors (Lipinski definition) is 1. The topological polar surface area (TPSA) is 12.0 Å². The highest BCUT2D eigenvalue weighted by atomic mass is 19.4. The van der Waals surface area contributed by atoms with Gasteiger partial charge in [0.05, 0.1) is 12.1 Å². The summed E-state index contributed by atoms with van der Waals surface area (Å²) in [7, 11) is 0. The summed E-state index contributed by atoms with van der Waals surface area (Å²) in [6, 6.07) is 60.9. The third-order valence-corrected chi connectivity index (χ3v) is 16.8. The molecule has 8 aromatic carbocycles. The first kappa shape index (κ1) is 52.2.